The fourth-order valence-corrected chi connectivity index (χ4v) is 3.14. The third-order valence-electron chi connectivity index (χ3n) is 4.70. The number of carbonyl (C=O) groups excluding carboxylic acids is 1. The molecule has 0 unspecified atom stereocenters. The van der Waals surface area contributed by atoms with Gasteiger partial charge in [-0.05, 0) is 37.1 Å². The van der Waals surface area contributed by atoms with Gasteiger partial charge < -0.3 is 0 Å². The van der Waals surface area contributed by atoms with Crippen molar-refractivity contribution in [2.75, 3.05) is 13.1 Å². The van der Waals surface area contributed by atoms with Crippen LogP contribution in [-0.2, 0) is 11.3 Å². The Morgan fingerprint density at radius 2 is 1.81 bits per heavy atom. The van der Waals surface area contributed by atoms with E-state index in [0.29, 0.717) is 0 Å². The van der Waals surface area contributed by atoms with E-state index in [4.69, 9.17) is 0 Å². The molecule has 1 N–H and O–H groups in total. The highest BCUT2D eigenvalue weighted by atomic mass is 16.6. The van der Waals surface area contributed by atoms with Crippen molar-refractivity contribution in [3.8, 4) is 0 Å². The van der Waals surface area contributed by atoms with Crippen molar-refractivity contribution in [1.82, 2.24) is 10.3 Å². The number of benzene rings is 2. The summed E-state index contributed by atoms with van der Waals surface area (Å²) in [6.07, 6.45) is 3.20. The van der Waals surface area contributed by atoms with E-state index in [9.17, 15) is 14.9 Å². The molecule has 7 nitrogen and oxygen atoms in total. The molecule has 0 radical (unpaired) electrons. The van der Waals surface area contributed by atoms with Gasteiger partial charge in [0.1, 0.15) is 0 Å². The summed E-state index contributed by atoms with van der Waals surface area (Å²) in [5.41, 5.74) is 4.71. The zero-order valence-electron chi connectivity index (χ0n) is 15.0. The Bertz CT molecular complexity index is 798. The molecule has 0 aromatic heterocycles. The Morgan fingerprint density at radius 3 is 2.44 bits per heavy atom. The standard InChI is InChI=1S/C20H22N4O3/c25-20(22-21-14-16-4-2-1-3-5-16)18-10-12-23(13-11-18)15-17-6-8-19(9-7-17)24(26)27/h1-9,14,18H,10-13,15H2,(H,22,25). The van der Waals surface area contributed by atoms with Crippen LogP contribution in [0.5, 0.6) is 0 Å². The van der Waals surface area contributed by atoms with Crippen LogP contribution in [0.1, 0.15) is 24.0 Å². The van der Waals surface area contributed by atoms with Gasteiger partial charge in [0.25, 0.3) is 5.69 Å². The van der Waals surface area contributed by atoms with Gasteiger partial charge in [-0.15, -0.1) is 0 Å². The van der Waals surface area contributed by atoms with Crippen molar-refractivity contribution in [3.63, 3.8) is 0 Å². The molecular formula is C20H22N4O3. The van der Waals surface area contributed by atoms with Gasteiger partial charge in [-0.2, -0.15) is 5.10 Å². The van der Waals surface area contributed by atoms with Gasteiger partial charge >= 0.3 is 0 Å². The van der Waals surface area contributed by atoms with Crippen molar-refractivity contribution in [3.05, 3.63) is 75.8 Å². The summed E-state index contributed by atoms with van der Waals surface area (Å²) in [6, 6.07) is 16.2. The van der Waals surface area contributed by atoms with E-state index in [0.717, 1.165) is 43.6 Å². The van der Waals surface area contributed by atoms with Gasteiger partial charge in [0, 0.05) is 24.6 Å². The number of hydrazone groups is 1. The second kappa shape index (κ2) is 9.05. The van der Waals surface area contributed by atoms with Crippen LogP contribution in [0.3, 0.4) is 0 Å². The molecule has 1 aliphatic heterocycles. The van der Waals surface area contributed by atoms with Crippen LogP contribution < -0.4 is 5.43 Å². The zero-order chi connectivity index (χ0) is 19.1. The average Bonchev–Trinajstić information content (AvgIpc) is 2.70. The first kappa shape index (κ1) is 18.7. The van der Waals surface area contributed by atoms with Crippen LogP contribution in [0.25, 0.3) is 0 Å². The SMILES string of the molecule is O=C(NN=Cc1ccccc1)C1CCN(Cc2ccc([N+](=O)[O-])cc2)CC1. The molecule has 2 aromatic rings. The van der Waals surface area contributed by atoms with Crippen molar-refractivity contribution < 1.29 is 9.72 Å². The highest BCUT2D eigenvalue weighted by molar-refractivity contribution is 5.83. The molecule has 1 fully saturated rings. The van der Waals surface area contributed by atoms with E-state index in [-0.39, 0.29) is 17.5 Å². The van der Waals surface area contributed by atoms with Crippen molar-refractivity contribution in [2.24, 2.45) is 11.0 Å². The number of piperidine rings is 1. The number of hydrogen-bond acceptors (Lipinski definition) is 5. The van der Waals surface area contributed by atoms with Crippen LogP contribution in [0, 0.1) is 16.0 Å². The summed E-state index contributed by atoms with van der Waals surface area (Å²) in [7, 11) is 0. The third-order valence-corrected chi connectivity index (χ3v) is 4.70. The first-order chi connectivity index (χ1) is 13.1. The topological polar surface area (TPSA) is 87.8 Å². The van der Waals surface area contributed by atoms with Gasteiger partial charge in [-0.3, -0.25) is 19.8 Å². The van der Waals surface area contributed by atoms with E-state index < -0.39 is 4.92 Å². The Hall–Kier alpha value is -3.06. The maximum Gasteiger partial charge on any atom is 0.269 e. The molecular weight excluding hydrogens is 344 g/mol. The molecule has 1 heterocycles. The molecule has 1 saturated heterocycles. The number of non-ortho nitro benzene ring substituents is 1. The van der Waals surface area contributed by atoms with E-state index >= 15 is 0 Å². The third kappa shape index (κ3) is 5.46. The molecule has 27 heavy (non-hydrogen) atoms. The lowest BCUT2D eigenvalue weighted by Gasteiger charge is -2.30. The Labute approximate surface area is 157 Å². The van der Waals surface area contributed by atoms with Crippen LogP contribution in [-0.4, -0.2) is 35.0 Å². The van der Waals surface area contributed by atoms with Gasteiger partial charge in [-0.1, -0.05) is 42.5 Å². The largest absolute Gasteiger partial charge is 0.299 e. The lowest BCUT2D eigenvalue weighted by atomic mass is 9.96. The van der Waals surface area contributed by atoms with Gasteiger partial charge in [0.2, 0.25) is 5.91 Å². The highest BCUT2D eigenvalue weighted by Gasteiger charge is 2.24. The number of rotatable bonds is 6. The molecule has 3 rings (SSSR count). The maximum absolute atomic E-state index is 12.2. The molecule has 2 aromatic carbocycles. The van der Waals surface area contributed by atoms with E-state index in [1.165, 1.54) is 12.1 Å². The maximum atomic E-state index is 12.2. The van der Waals surface area contributed by atoms with Crippen molar-refractivity contribution in [1.29, 1.82) is 0 Å². The number of hydrogen-bond donors (Lipinski definition) is 1. The predicted octanol–water partition coefficient (Wildman–Crippen LogP) is 2.96. The first-order valence-corrected chi connectivity index (χ1v) is 8.95. The molecule has 1 amide bonds. The van der Waals surface area contributed by atoms with E-state index in [1.807, 2.05) is 30.3 Å². The summed E-state index contributed by atoms with van der Waals surface area (Å²) in [5, 5.41) is 14.7. The second-order valence-corrected chi connectivity index (χ2v) is 6.62. The molecule has 1 aliphatic rings. The smallest absolute Gasteiger partial charge is 0.269 e. The quantitative estimate of drug-likeness (QED) is 0.484. The van der Waals surface area contributed by atoms with E-state index in [2.05, 4.69) is 15.4 Å². The summed E-state index contributed by atoms with van der Waals surface area (Å²) < 4.78 is 0. The van der Waals surface area contributed by atoms with Crippen LogP contribution in [0.15, 0.2) is 59.7 Å². The minimum Gasteiger partial charge on any atom is -0.299 e. The Kier molecular flexibility index (Phi) is 6.27. The molecule has 140 valence electrons. The number of amides is 1. The van der Waals surface area contributed by atoms with Crippen molar-refractivity contribution in [2.45, 2.75) is 19.4 Å². The Balaban J connectivity index is 1.43. The summed E-state index contributed by atoms with van der Waals surface area (Å²) in [4.78, 5) is 24.8. The normalized spacial score (nSPS) is 15.7. The first-order valence-electron chi connectivity index (χ1n) is 8.95. The van der Waals surface area contributed by atoms with Gasteiger partial charge in [0.15, 0.2) is 0 Å². The monoisotopic (exact) mass is 366 g/mol. The number of nitrogens with one attached hydrogen (secondary N) is 1. The predicted molar refractivity (Wildman–Crippen MR) is 103 cm³/mol. The van der Waals surface area contributed by atoms with Gasteiger partial charge in [-0.25, -0.2) is 5.43 Å². The van der Waals surface area contributed by atoms with Crippen LogP contribution >= 0.6 is 0 Å². The molecule has 0 saturated carbocycles. The van der Waals surface area contributed by atoms with E-state index in [1.54, 1.807) is 18.3 Å². The lowest BCUT2D eigenvalue weighted by molar-refractivity contribution is -0.384. The molecule has 0 spiro atoms. The number of likely N-dealkylation sites (tertiary alicyclic amines) is 1. The molecule has 0 aliphatic carbocycles. The highest BCUT2D eigenvalue weighted by Crippen LogP contribution is 2.20. The molecule has 7 heteroatoms. The lowest BCUT2D eigenvalue weighted by Crippen LogP contribution is -2.39. The van der Waals surface area contributed by atoms with Crippen LogP contribution in [0.2, 0.25) is 0 Å². The average molecular weight is 366 g/mol. The number of nitro benzene ring substituents is 1. The van der Waals surface area contributed by atoms with Crippen LogP contribution in [0.4, 0.5) is 5.69 Å². The minimum atomic E-state index is -0.395. The number of nitrogens with zero attached hydrogens (tertiary/aromatic N) is 3. The summed E-state index contributed by atoms with van der Waals surface area (Å²) >= 11 is 0. The minimum absolute atomic E-state index is 0.0361. The summed E-state index contributed by atoms with van der Waals surface area (Å²) in [5.74, 6) is -0.0804. The number of carbonyl (C=O) groups is 1. The fourth-order valence-electron chi connectivity index (χ4n) is 3.14. The second-order valence-electron chi connectivity index (χ2n) is 6.62. The Morgan fingerprint density at radius 1 is 1.15 bits per heavy atom. The fraction of sp³-hybridized carbons (Fsp3) is 0.300. The zero-order valence-corrected chi connectivity index (χ0v) is 15.0. The molecule has 0 bridgehead atoms. The molecule has 0 atom stereocenters. The number of nitro groups is 1. The van der Waals surface area contributed by atoms with Gasteiger partial charge in [0.05, 0.1) is 11.1 Å². The van der Waals surface area contributed by atoms with Crippen molar-refractivity contribution >= 4 is 17.8 Å². The summed E-state index contributed by atoms with van der Waals surface area (Å²) in [6.45, 7) is 2.37.